The molecule has 0 radical (unpaired) electrons. The number of nitro benzene ring substituents is 1. The van der Waals surface area contributed by atoms with Crippen molar-refractivity contribution >= 4 is 11.4 Å². The first kappa shape index (κ1) is 18.1. The molecule has 0 spiro atoms. The Morgan fingerprint density at radius 1 is 1.11 bits per heavy atom. The van der Waals surface area contributed by atoms with Crippen LogP contribution in [0.5, 0.6) is 11.5 Å². The molecule has 2 aliphatic rings. The summed E-state index contributed by atoms with van der Waals surface area (Å²) >= 11 is 0. The maximum Gasteiger partial charge on any atom is 0.293 e. The zero-order valence-electron chi connectivity index (χ0n) is 15.4. The highest BCUT2D eigenvalue weighted by Crippen LogP contribution is 2.44. The molecule has 2 aromatic carbocycles. The Kier molecular flexibility index (Phi) is 4.78. The summed E-state index contributed by atoms with van der Waals surface area (Å²) in [5.74, 6) is 1.53. The third-order valence-electron chi connectivity index (χ3n) is 5.66. The van der Waals surface area contributed by atoms with E-state index in [1.807, 2.05) is 12.1 Å². The zero-order chi connectivity index (χ0) is 19.6. The van der Waals surface area contributed by atoms with Gasteiger partial charge in [0.2, 0.25) is 0 Å². The maximum atomic E-state index is 11.4. The molecular formula is C21H21N3O4. The highest BCUT2D eigenvalue weighted by atomic mass is 16.6. The minimum absolute atomic E-state index is 0.0747. The smallest absolute Gasteiger partial charge is 0.293 e. The van der Waals surface area contributed by atoms with Gasteiger partial charge in [0.1, 0.15) is 18.9 Å². The number of nitrogens with zero attached hydrogens (tertiary/aromatic N) is 2. The van der Waals surface area contributed by atoms with Crippen molar-refractivity contribution in [2.45, 2.75) is 31.1 Å². The van der Waals surface area contributed by atoms with E-state index in [1.165, 1.54) is 6.07 Å². The van der Waals surface area contributed by atoms with Crippen molar-refractivity contribution < 1.29 is 14.4 Å². The second kappa shape index (κ2) is 7.39. The molecule has 1 N–H and O–H groups in total. The number of rotatable bonds is 5. The normalized spacial score (nSPS) is 17.0. The highest BCUT2D eigenvalue weighted by molar-refractivity contribution is 5.64. The molecule has 1 heterocycles. The molecule has 0 saturated heterocycles. The number of benzene rings is 2. The van der Waals surface area contributed by atoms with Crippen molar-refractivity contribution in [1.29, 1.82) is 5.26 Å². The van der Waals surface area contributed by atoms with Crippen LogP contribution in [0.2, 0.25) is 0 Å². The minimum atomic E-state index is -0.450. The molecule has 1 aliphatic heterocycles. The lowest BCUT2D eigenvalue weighted by molar-refractivity contribution is -0.384. The number of hydrogen-bond acceptors (Lipinski definition) is 6. The number of nitro groups is 1. The van der Waals surface area contributed by atoms with Gasteiger partial charge in [0, 0.05) is 18.0 Å². The average molecular weight is 379 g/mol. The second-order valence-corrected chi connectivity index (χ2v) is 7.30. The van der Waals surface area contributed by atoms with Crippen LogP contribution in [0, 0.1) is 21.4 Å². The molecule has 28 heavy (non-hydrogen) atoms. The van der Waals surface area contributed by atoms with Gasteiger partial charge in [-0.15, -0.1) is 0 Å². The lowest BCUT2D eigenvalue weighted by Crippen LogP contribution is -2.32. The SMILES string of the molecule is N#Cc1ccc(NCC2(c3ccc4c(c3)OCCO4)CCCC2)c([N+](=O)[O-])c1. The molecule has 0 aromatic heterocycles. The molecule has 0 atom stereocenters. The van der Waals surface area contributed by atoms with Gasteiger partial charge in [-0.25, -0.2) is 0 Å². The van der Waals surface area contributed by atoms with Gasteiger partial charge in [-0.05, 0) is 42.7 Å². The molecule has 2 aromatic rings. The van der Waals surface area contributed by atoms with Crippen molar-refractivity contribution in [3.63, 3.8) is 0 Å². The summed E-state index contributed by atoms with van der Waals surface area (Å²) < 4.78 is 11.4. The largest absolute Gasteiger partial charge is 0.486 e. The van der Waals surface area contributed by atoms with Crippen LogP contribution >= 0.6 is 0 Å². The van der Waals surface area contributed by atoms with Crippen LogP contribution in [0.25, 0.3) is 0 Å². The average Bonchev–Trinajstić information content (AvgIpc) is 3.22. The van der Waals surface area contributed by atoms with E-state index in [9.17, 15) is 10.1 Å². The van der Waals surface area contributed by atoms with Crippen molar-refractivity contribution in [2.24, 2.45) is 0 Å². The van der Waals surface area contributed by atoms with Gasteiger partial charge in [-0.2, -0.15) is 5.26 Å². The quantitative estimate of drug-likeness (QED) is 0.619. The topological polar surface area (TPSA) is 97.4 Å². The van der Waals surface area contributed by atoms with Crippen LogP contribution in [0.15, 0.2) is 36.4 Å². The Hall–Kier alpha value is -3.27. The molecule has 7 heteroatoms. The predicted octanol–water partition coefficient (Wildman–Crippen LogP) is 4.16. The summed E-state index contributed by atoms with van der Waals surface area (Å²) in [4.78, 5) is 11.0. The van der Waals surface area contributed by atoms with E-state index in [-0.39, 0.29) is 16.7 Å². The van der Waals surface area contributed by atoms with Crippen LogP contribution in [0.4, 0.5) is 11.4 Å². The monoisotopic (exact) mass is 379 g/mol. The molecule has 0 unspecified atom stereocenters. The molecule has 1 fully saturated rings. The number of anilines is 1. The van der Waals surface area contributed by atoms with E-state index in [1.54, 1.807) is 12.1 Å². The first-order chi connectivity index (χ1) is 13.6. The highest BCUT2D eigenvalue weighted by Gasteiger charge is 2.37. The van der Waals surface area contributed by atoms with Gasteiger partial charge >= 0.3 is 0 Å². The summed E-state index contributed by atoms with van der Waals surface area (Å²) in [7, 11) is 0. The number of hydrogen-bond donors (Lipinski definition) is 1. The lowest BCUT2D eigenvalue weighted by Gasteiger charge is -2.31. The van der Waals surface area contributed by atoms with Gasteiger partial charge in [-0.3, -0.25) is 10.1 Å². The summed E-state index contributed by atoms with van der Waals surface area (Å²) in [6.07, 6.45) is 4.24. The van der Waals surface area contributed by atoms with Crippen LogP contribution < -0.4 is 14.8 Å². The van der Waals surface area contributed by atoms with Crippen LogP contribution in [0.1, 0.15) is 36.8 Å². The first-order valence-electron chi connectivity index (χ1n) is 9.44. The first-order valence-corrected chi connectivity index (χ1v) is 9.44. The van der Waals surface area contributed by atoms with Crippen molar-refractivity contribution in [3.8, 4) is 17.6 Å². The Labute approximate surface area is 163 Å². The van der Waals surface area contributed by atoms with E-state index in [0.29, 0.717) is 25.4 Å². The van der Waals surface area contributed by atoms with E-state index >= 15 is 0 Å². The third-order valence-corrected chi connectivity index (χ3v) is 5.66. The van der Waals surface area contributed by atoms with Crippen molar-refractivity contribution in [1.82, 2.24) is 0 Å². The second-order valence-electron chi connectivity index (χ2n) is 7.30. The number of ether oxygens (including phenoxy) is 2. The molecule has 0 bridgehead atoms. The summed E-state index contributed by atoms with van der Waals surface area (Å²) in [6.45, 7) is 1.68. The van der Waals surface area contributed by atoms with E-state index in [4.69, 9.17) is 14.7 Å². The van der Waals surface area contributed by atoms with E-state index < -0.39 is 4.92 Å². The minimum Gasteiger partial charge on any atom is -0.486 e. The summed E-state index contributed by atoms with van der Waals surface area (Å²) in [5.41, 5.74) is 1.69. The van der Waals surface area contributed by atoms with Gasteiger partial charge in [0.05, 0.1) is 16.6 Å². The number of nitrogens with one attached hydrogen (secondary N) is 1. The third kappa shape index (κ3) is 3.33. The summed E-state index contributed by atoms with van der Waals surface area (Å²) in [5, 5.41) is 23.7. The Morgan fingerprint density at radius 3 is 2.57 bits per heavy atom. The molecule has 144 valence electrons. The number of nitriles is 1. The Morgan fingerprint density at radius 2 is 1.86 bits per heavy atom. The molecular weight excluding hydrogens is 358 g/mol. The van der Waals surface area contributed by atoms with Gasteiger partial charge in [0.15, 0.2) is 11.5 Å². The summed E-state index contributed by atoms with van der Waals surface area (Å²) in [6, 6.07) is 12.6. The molecule has 0 amide bonds. The number of fused-ring (bicyclic) bond motifs is 1. The van der Waals surface area contributed by atoms with Crippen LogP contribution in [-0.2, 0) is 5.41 Å². The standard InChI is InChI=1S/C21H21N3O4/c22-13-15-3-5-17(18(11-15)24(25)26)23-14-21(7-1-2-8-21)16-4-6-19-20(12-16)28-10-9-27-19/h3-6,11-12,23H,1-2,7-10,14H2. The fraction of sp³-hybridized carbons (Fsp3) is 0.381. The van der Waals surface area contributed by atoms with E-state index in [2.05, 4.69) is 17.4 Å². The zero-order valence-corrected chi connectivity index (χ0v) is 15.4. The maximum absolute atomic E-state index is 11.4. The fourth-order valence-electron chi connectivity index (χ4n) is 4.16. The van der Waals surface area contributed by atoms with Crippen LogP contribution in [0.3, 0.4) is 0 Å². The predicted molar refractivity (Wildman–Crippen MR) is 104 cm³/mol. The molecule has 4 rings (SSSR count). The Balaban J connectivity index is 1.62. The van der Waals surface area contributed by atoms with Gasteiger partial charge in [-0.1, -0.05) is 18.9 Å². The molecule has 7 nitrogen and oxygen atoms in total. The lowest BCUT2D eigenvalue weighted by atomic mass is 9.78. The Bertz CT molecular complexity index is 945. The van der Waals surface area contributed by atoms with Crippen molar-refractivity contribution in [3.05, 3.63) is 57.6 Å². The molecule has 1 aliphatic carbocycles. The van der Waals surface area contributed by atoms with Gasteiger partial charge < -0.3 is 14.8 Å². The molecule has 1 saturated carbocycles. The van der Waals surface area contributed by atoms with Crippen LogP contribution in [-0.4, -0.2) is 24.7 Å². The van der Waals surface area contributed by atoms with E-state index in [0.717, 1.165) is 42.7 Å². The van der Waals surface area contributed by atoms with Gasteiger partial charge in [0.25, 0.3) is 5.69 Å². The van der Waals surface area contributed by atoms with Crippen molar-refractivity contribution in [2.75, 3.05) is 25.1 Å². The fourth-order valence-corrected chi connectivity index (χ4v) is 4.16.